The molecular weight excluding hydrogens is 673 g/mol. The van der Waals surface area contributed by atoms with Gasteiger partial charge in [0.15, 0.2) is 0 Å². The van der Waals surface area contributed by atoms with Crippen molar-refractivity contribution >= 4 is 75.4 Å². The van der Waals surface area contributed by atoms with Gasteiger partial charge < -0.3 is 0 Å². The zero-order valence-corrected chi connectivity index (χ0v) is 30.0. The molecule has 0 aromatic heterocycles. The molecule has 0 aliphatic rings. The van der Waals surface area contributed by atoms with Crippen LogP contribution in [0.25, 0.3) is 120 Å². The Bertz CT molecular complexity index is 3740. The summed E-state index contributed by atoms with van der Waals surface area (Å²) in [6.07, 6.45) is 0. The first-order valence-electron chi connectivity index (χ1n) is 22.8. The number of rotatable bonds is 4. The highest BCUT2D eigenvalue weighted by molar-refractivity contribution is 6.28. The number of hydrogen-bond donors (Lipinski definition) is 0. The van der Waals surface area contributed by atoms with Crippen LogP contribution < -0.4 is 0 Å². The summed E-state index contributed by atoms with van der Waals surface area (Å²) in [6.45, 7) is 0. The molecule has 0 unspecified atom stereocenters. The van der Waals surface area contributed by atoms with Gasteiger partial charge in [-0.1, -0.05) is 170 Å². The third-order valence-electron chi connectivity index (χ3n) is 11.4. The van der Waals surface area contributed by atoms with Gasteiger partial charge in [0, 0.05) is 0 Å². The van der Waals surface area contributed by atoms with Crippen molar-refractivity contribution in [3.8, 4) is 44.5 Å². The summed E-state index contributed by atoms with van der Waals surface area (Å²) in [5.41, 5.74) is 5.41. The monoisotopic (exact) mass is 714 g/mol. The van der Waals surface area contributed by atoms with E-state index in [1.807, 2.05) is 84.9 Å². The van der Waals surface area contributed by atoms with Crippen molar-refractivity contribution in [3.63, 3.8) is 0 Å². The molecule has 0 saturated carbocycles. The Hall–Kier alpha value is -7.28. The molecule has 12 aromatic rings. The van der Waals surface area contributed by atoms with Crippen LogP contribution in [0.4, 0.5) is 0 Å². The summed E-state index contributed by atoms with van der Waals surface area (Å²) in [6, 6.07) is 50.7. The highest BCUT2D eigenvalue weighted by Gasteiger charge is 2.18. The third kappa shape index (κ3) is 4.79. The second-order valence-corrected chi connectivity index (χ2v) is 14.6. The number of hydrogen-bond acceptors (Lipinski definition) is 0. The second-order valence-electron chi connectivity index (χ2n) is 14.6. The van der Waals surface area contributed by atoms with Crippen LogP contribution in [0.5, 0.6) is 0 Å². The maximum Gasteiger partial charge on any atom is 0.0630 e. The lowest BCUT2D eigenvalue weighted by Crippen LogP contribution is -1.91. The van der Waals surface area contributed by atoms with E-state index in [0.29, 0.717) is 11.1 Å². The molecule has 12 rings (SSSR count). The van der Waals surface area contributed by atoms with E-state index in [1.165, 1.54) is 0 Å². The first-order chi connectivity index (χ1) is 31.1. The minimum absolute atomic E-state index is 0.0220. The van der Waals surface area contributed by atoms with Gasteiger partial charge >= 0.3 is 0 Å². The molecule has 12 aromatic carbocycles. The van der Waals surface area contributed by atoms with Gasteiger partial charge in [-0.3, -0.25) is 0 Å². The number of fused-ring (bicyclic) bond motifs is 4. The fourth-order valence-electron chi connectivity index (χ4n) is 8.72. The molecule has 0 aliphatic heterocycles. The van der Waals surface area contributed by atoms with Gasteiger partial charge in [-0.2, -0.15) is 0 Å². The van der Waals surface area contributed by atoms with Crippen molar-refractivity contribution in [2.45, 2.75) is 0 Å². The summed E-state index contributed by atoms with van der Waals surface area (Å²) in [4.78, 5) is 0. The van der Waals surface area contributed by atoms with E-state index in [4.69, 9.17) is 0 Å². The van der Waals surface area contributed by atoms with Crippen LogP contribution in [-0.4, -0.2) is 0 Å². The number of benzene rings is 12. The van der Waals surface area contributed by atoms with E-state index >= 15 is 0 Å². The maximum atomic E-state index is 9.66. The largest absolute Gasteiger partial charge is 0.0630 e. The predicted octanol–water partition coefficient (Wildman–Crippen LogP) is 15.9. The highest BCUT2D eigenvalue weighted by atomic mass is 14.2. The summed E-state index contributed by atoms with van der Waals surface area (Å²) < 4.78 is 76.8. The van der Waals surface area contributed by atoms with Gasteiger partial charge in [0.05, 0.1) is 11.0 Å². The molecule has 0 fully saturated rings. The lowest BCUT2D eigenvalue weighted by Gasteiger charge is -2.18. The minimum Gasteiger partial charge on any atom is -0.0616 e. The molecule has 0 saturated heterocycles. The van der Waals surface area contributed by atoms with E-state index in [2.05, 4.69) is 72.8 Å². The molecule has 0 spiro atoms. The summed E-state index contributed by atoms with van der Waals surface area (Å²) >= 11 is 0. The van der Waals surface area contributed by atoms with E-state index in [-0.39, 0.29) is 91.8 Å². The van der Waals surface area contributed by atoms with Crippen molar-refractivity contribution in [2.24, 2.45) is 0 Å². The third-order valence-corrected chi connectivity index (χ3v) is 11.4. The van der Waals surface area contributed by atoms with Crippen LogP contribution in [0.15, 0.2) is 206 Å². The summed E-state index contributed by atoms with van der Waals surface area (Å²) in [5, 5.41) is 9.14. The topological polar surface area (TPSA) is 0 Å². The van der Waals surface area contributed by atoms with Crippen LogP contribution in [0.2, 0.25) is 0 Å². The van der Waals surface area contributed by atoms with Crippen molar-refractivity contribution in [1.29, 1.82) is 0 Å². The normalized spacial score (nSPS) is 13.9. The molecular formula is C56H34. The molecule has 0 aliphatic carbocycles. The smallest absolute Gasteiger partial charge is 0.0616 e. The van der Waals surface area contributed by atoms with Crippen LogP contribution in [0, 0.1) is 0 Å². The van der Waals surface area contributed by atoms with Crippen LogP contribution in [0.3, 0.4) is 0 Å². The molecule has 0 N–H and O–H groups in total. The van der Waals surface area contributed by atoms with E-state index in [9.17, 15) is 11.0 Å². The first kappa shape index (κ1) is 24.2. The van der Waals surface area contributed by atoms with Gasteiger partial charge in [0.25, 0.3) is 0 Å². The van der Waals surface area contributed by atoms with E-state index < -0.39 is 0 Å². The Morgan fingerprint density at radius 1 is 0.232 bits per heavy atom. The SMILES string of the molecule is [2H]c1c([2H])c2c([2H])c([2H])c3c(-c4cc(-c5ccc6ccccc6c5)c5ccccc5c4)c([2H])c([2H])c4c([2H])c([2H])c(c1-c1cc(-c5ccc6ccccc6c5)c5ccccc5c1)c2c43. The highest BCUT2D eigenvalue weighted by Crippen LogP contribution is 2.45. The first-order valence-corrected chi connectivity index (χ1v) is 18.8. The molecule has 258 valence electrons. The average Bonchev–Trinajstić information content (AvgIpc) is 3.32. The quantitative estimate of drug-likeness (QED) is 0.159. The second kappa shape index (κ2) is 12.1. The van der Waals surface area contributed by atoms with Gasteiger partial charge in [0.2, 0.25) is 0 Å². The molecule has 0 radical (unpaired) electrons. The van der Waals surface area contributed by atoms with Crippen molar-refractivity contribution in [1.82, 2.24) is 0 Å². The molecule has 0 heterocycles. The van der Waals surface area contributed by atoms with Crippen molar-refractivity contribution in [2.75, 3.05) is 0 Å². The Labute approximate surface area is 336 Å². The lowest BCUT2D eigenvalue weighted by atomic mass is 9.85. The average molecular weight is 715 g/mol. The fourth-order valence-corrected chi connectivity index (χ4v) is 8.72. The van der Waals surface area contributed by atoms with Crippen LogP contribution in [0.1, 0.15) is 11.0 Å². The van der Waals surface area contributed by atoms with E-state index in [0.717, 1.165) is 65.3 Å². The maximum absolute atomic E-state index is 9.66. The van der Waals surface area contributed by atoms with Crippen LogP contribution in [-0.2, 0) is 0 Å². The Balaban J connectivity index is 1.20. The fraction of sp³-hybridized carbons (Fsp3) is 0. The van der Waals surface area contributed by atoms with Gasteiger partial charge in [-0.25, -0.2) is 0 Å². The van der Waals surface area contributed by atoms with E-state index in [1.54, 1.807) is 0 Å². The van der Waals surface area contributed by atoms with Crippen molar-refractivity contribution < 1.29 is 11.0 Å². The molecule has 0 bridgehead atoms. The summed E-state index contributed by atoms with van der Waals surface area (Å²) in [7, 11) is 0. The molecule has 0 atom stereocenters. The summed E-state index contributed by atoms with van der Waals surface area (Å²) in [5.74, 6) is 0. The Morgan fingerprint density at radius 2 is 0.607 bits per heavy atom. The van der Waals surface area contributed by atoms with Gasteiger partial charge in [-0.15, -0.1) is 0 Å². The molecule has 56 heavy (non-hydrogen) atoms. The van der Waals surface area contributed by atoms with Crippen LogP contribution >= 0.6 is 0 Å². The molecule has 0 heteroatoms. The van der Waals surface area contributed by atoms with Crippen molar-refractivity contribution in [3.05, 3.63) is 206 Å². The Morgan fingerprint density at radius 3 is 1.07 bits per heavy atom. The minimum atomic E-state index is -0.301. The lowest BCUT2D eigenvalue weighted by molar-refractivity contribution is 1.65. The zero-order chi connectivity index (χ0) is 43.7. The van der Waals surface area contributed by atoms with Gasteiger partial charge in [0.1, 0.15) is 0 Å². The van der Waals surface area contributed by atoms with Gasteiger partial charge in [-0.05, 0) is 156 Å². The Kier molecular flexibility index (Phi) is 5.23. The molecule has 0 amide bonds. The molecule has 0 nitrogen and oxygen atoms in total. The zero-order valence-electron chi connectivity index (χ0n) is 38.0. The standard InChI is InChI=1S/C56H34/c1-3-11-39-29-43(19-17-35(39)9-1)53-33-45(31-41-13-5-7-15-47(41)53)49-25-21-37-24-28-52-50(26-22-38-23-27-51(49)55(37)56(38)52)46-32-42-14-6-8-16-48(42)54(34-46)44-20-18-36-10-2-4-12-40(36)30-44/h1-34H/i21D,22D,23D,24D,25D,26D,27D,28D. The predicted molar refractivity (Wildman–Crippen MR) is 242 cm³/mol.